The van der Waals surface area contributed by atoms with Crippen molar-refractivity contribution in [3.8, 4) is 0 Å². The first-order valence-corrected chi connectivity index (χ1v) is 10.2. The van der Waals surface area contributed by atoms with Gasteiger partial charge in [-0.2, -0.15) is 0 Å². The Bertz CT molecular complexity index is 572. The van der Waals surface area contributed by atoms with E-state index in [9.17, 15) is 14.7 Å². The first kappa shape index (κ1) is 17.5. The summed E-state index contributed by atoms with van der Waals surface area (Å²) in [5.74, 6) is 2.39. The van der Waals surface area contributed by atoms with Crippen molar-refractivity contribution < 1.29 is 19.4 Å². The molecular formula is C21H32O4. The number of carbonyl (C=O) groups is 2. The van der Waals surface area contributed by atoms with E-state index in [1.54, 1.807) is 0 Å². The second kappa shape index (κ2) is 6.07. The van der Waals surface area contributed by atoms with Gasteiger partial charge in [-0.1, -0.05) is 6.92 Å². The van der Waals surface area contributed by atoms with E-state index >= 15 is 0 Å². The summed E-state index contributed by atoms with van der Waals surface area (Å²) in [6.45, 7) is 4.22. The lowest BCUT2D eigenvalue weighted by Crippen LogP contribution is -2.57. The molecule has 4 rings (SSSR count). The highest BCUT2D eigenvalue weighted by Gasteiger charge is 2.61. The summed E-state index contributed by atoms with van der Waals surface area (Å²) in [7, 11) is 0. The second-order valence-corrected chi connectivity index (χ2v) is 9.51. The van der Waals surface area contributed by atoms with Gasteiger partial charge in [0.05, 0.1) is 12.7 Å². The molecule has 0 radical (unpaired) electrons. The number of fused-ring (bicyclic) bond motifs is 5. The predicted octanol–water partition coefficient (Wildman–Crippen LogP) is 3.50. The highest BCUT2D eigenvalue weighted by molar-refractivity contribution is 5.87. The summed E-state index contributed by atoms with van der Waals surface area (Å²) in [5, 5.41) is 10.2. The molecule has 1 N–H and O–H groups in total. The maximum atomic E-state index is 12.5. The number of aliphatic hydroxyl groups excluding tert-OH is 1. The van der Waals surface area contributed by atoms with Crippen LogP contribution in [0, 0.1) is 34.5 Å². The predicted molar refractivity (Wildman–Crippen MR) is 93.7 cm³/mol. The van der Waals surface area contributed by atoms with Crippen LogP contribution in [0.15, 0.2) is 0 Å². The van der Waals surface area contributed by atoms with Crippen LogP contribution < -0.4 is 0 Å². The van der Waals surface area contributed by atoms with E-state index in [2.05, 4.69) is 6.92 Å². The number of aliphatic hydroxyl groups is 1. The van der Waals surface area contributed by atoms with Crippen LogP contribution in [0.4, 0.5) is 0 Å². The minimum atomic E-state index is -0.200. The average Bonchev–Trinajstić information content (AvgIpc) is 2.88. The fourth-order valence-electron chi connectivity index (χ4n) is 7.32. The van der Waals surface area contributed by atoms with Crippen LogP contribution in [-0.2, 0) is 14.3 Å². The SMILES string of the molecule is CC(=O)OC[C@]12CC[C@@H](O)C[C@@H]1CC[C@@H]1[C@@H]2CC[C@]2(C)C(=O)CC[C@@H]12. The number of carbonyl (C=O) groups excluding carboxylic acids is 2. The Hall–Kier alpha value is -0.900. The lowest BCUT2D eigenvalue weighted by Gasteiger charge is -2.60. The quantitative estimate of drug-likeness (QED) is 0.776. The molecule has 0 aromatic heterocycles. The first-order valence-electron chi connectivity index (χ1n) is 10.2. The molecule has 0 aromatic carbocycles. The van der Waals surface area contributed by atoms with Gasteiger partial charge in [-0.05, 0) is 75.0 Å². The molecule has 0 amide bonds. The zero-order chi connectivity index (χ0) is 17.8. The molecule has 0 aliphatic heterocycles. The van der Waals surface area contributed by atoms with Crippen molar-refractivity contribution >= 4 is 11.8 Å². The highest BCUT2D eigenvalue weighted by Crippen LogP contribution is 2.65. The number of hydrogen-bond acceptors (Lipinski definition) is 4. The second-order valence-electron chi connectivity index (χ2n) is 9.51. The van der Waals surface area contributed by atoms with Crippen molar-refractivity contribution in [2.24, 2.45) is 34.5 Å². The van der Waals surface area contributed by atoms with E-state index in [1.807, 2.05) is 0 Å². The van der Waals surface area contributed by atoms with Gasteiger partial charge in [-0.15, -0.1) is 0 Å². The normalized spacial score (nSPS) is 49.1. The smallest absolute Gasteiger partial charge is 0.302 e. The fraction of sp³-hybridized carbons (Fsp3) is 0.905. The molecule has 0 heterocycles. The number of hydrogen-bond donors (Lipinski definition) is 1. The number of ether oxygens (including phenoxy) is 1. The van der Waals surface area contributed by atoms with Crippen LogP contribution in [-0.4, -0.2) is 29.6 Å². The summed E-state index contributed by atoms with van der Waals surface area (Å²) >= 11 is 0. The van der Waals surface area contributed by atoms with Gasteiger partial charge >= 0.3 is 5.97 Å². The van der Waals surface area contributed by atoms with Crippen LogP contribution in [0.3, 0.4) is 0 Å². The van der Waals surface area contributed by atoms with Gasteiger partial charge in [0.1, 0.15) is 5.78 Å². The molecule has 0 spiro atoms. The molecule has 4 saturated carbocycles. The van der Waals surface area contributed by atoms with E-state index in [0.29, 0.717) is 36.1 Å². The Morgan fingerprint density at radius 1 is 1.16 bits per heavy atom. The third-order valence-corrected chi connectivity index (χ3v) is 8.59. The molecule has 0 bridgehead atoms. The van der Waals surface area contributed by atoms with Gasteiger partial charge in [0.2, 0.25) is 0 Å². The number of ketones is 1. The molecule has 4 fully saturated rings. The van der Waals surface area contributed by atoms with Crippen molar-refractivity contribution in [2.45, 2.75) is 77.7 Å². The van der Waals surface area contributed by atoms with Crippen molar-refractivity contribution in [2.75, 3.05) is 6.61 Å². The van der Waals surface area contributed by atoms with E-state index in [0.717, 1.165) is 51.4 Å². The van der Waals surface area contributed by atoms with Crippen molar-refractivity contribution in [1.82, 2.24) is 0 Å². The van der Waals surface area contributed by atoms with Gasteiger partial charge in [0.15, 0.2) is 0 Å². The van der Waals surface area contributed by atoms with Crippen molar-refractivity contribution in [3.05, 3.63) is 0 Å². The highest BCUT2D eigenvalue weighted by atomic mass is 16.5. The van der Waals surface area contributed by atoms with E-state index in [-0.39, 0.29) is 22.9 Å². The molecule has 4 aliphatic rings. The molecule has 7 atom stereocenters. The summed E-state index contributed by atoms with van der Waals surface area (Å²) in [6.07, 6.45) is 8.60. The summed E-state index contributed by atoms with van der Waals surface area (Å²) in [5.41, 5.74) is -0.0778. The zero-order valence-corrected chi connectivity index (χ0v) is 15.6. The van der Waals surface area contributed by atoms with Crippen LogP contribution in [0.2, 0.25) is 0 Å². The molecule has 0 unspecified atom stereocenters. The number of rotatable bonds is 2. The standard InChI is InChI=1S/C21H32O4/c1-13(22)25-12-21-10-7-15(23)11-14(21)3-4-16-17-5-6-19(24)20(17,2)9-8-18(16)21/h14-18,23H,3-12H2,1-2H3/t14-,15+,16-,17-,18-,20-,21+/m0/s1. The minimum Gasteiger partial charge on any atom is -0.465 e. The largest absolute Gasteiger partial charge is 0.465 e. The Morgan fingerprint density at radius 2 is 1.96 bits per heavy atom. The lowest BCUT2D eigenvalue weighted by molar-refractivity contribution is -0.173. The molecule has 0 aromatic rings. The van der Waals surface area contributed by atoms with Crippen molar-refractivity contribution in [3.63, 3.8) is 0 Å². The Morgan fingerprint density at radius 3 is 2.72 bits per heavy atom. The minimum absolute atomic E-state index is 0.0286. The molecule has 4 heteroatoms. The topological polar surface area (TPSA) is 63.6 Å². The van der Waals surface area contributed by atoms with Gasteiger partial charge in [0.25, 0.3) is 0 Å². The van der Waals surface area contributed by atoms with E-state index < -0.39 is 0 Å². The van der Waals surface area contributed by atoms with Crippen LogP contribution in [0.1, 0.15) is 71.6 Å². The molecule has 4 aliphatic carbocycles. The van der Waals surface area contributed by atoms with E-state index in [4.69, 9.17) is 4.74 Å². The molecule has 25 heavy (non-hydrogen) atoms. The maximum absolute atomic E-state index is 12.5. The number of esters is 1. The van der Waals surface area contributed by atoms with Crippen molar-refractivity contribution in [1.29, 1.82) is 0 Å². The molecule has 4 nitrogen and oxygen atoms in total. The lowest BCUT2D eigenvalue weighted by atomic mass is 9.45. The van der Waals surface area contributed by atoms with Crippen LogP contribution in [0.25, 0.3) is 0 Å². The average molecular weight is 348 g/mol. The van der Waals surface area contributed by atoms with Crippen LogP contribution in [0.5, 0.6) is 0 Å². The van der Waals surface area contributed by atoms with Gasteiger partial charge < -0.3 is 9.84 Å². The van der Waals surface area contributed by atoms with Gasteiger partial charge in [0, 0.05) is 24.2 Å². The van der Waals surface area contributed by atoms with Gasteiger partial charge in [-0.25, -0.2) is 0 Å². The summed E-state index contributed by atoms with van der Waals surface area (Å²) in [4.78, 5) is 24.1. The zero-order valence-electron chi connectivity index (χ0n) is 15.6. The summed E-state index contributed by atoms with van der Waals surface area (Å²) in [6, 6.07) is 0. The fourth-order valence-corrected chi connectivity index (χ4v) is 7.32. The third-order valence-electron chi connectivity index (χ3n) is 8.59. The Labute approximate surface area is 150 Å². The number of Topliss-reactive ketones (excluding diaryl/α,β-unsaturated/α-hetero) is 1. The summed E-state index contributed by atoms with van der Waals surface area (Å²) < 4.78 is 5.60. The van der Waals surface area contributed by atoms with E-state index in [1.165, 1.54) is 13.3 Å². The van der Waals surface area contributed by atoms with Crippen LogP contribution >= 0.6 is 0 Å². The Balaban J connectivity index is 1.65. The third kappa shape index (κ3) is 2.58. The first-order chi connectivity index (χ1) is 11.9. The monoisotopic (exact) mass is 348 g/mol. The van der Waals surface area contributed by atoms with Gasteiger partial charge in [-0.3, -0.25) is 9.59 Å². The molecule has 140 valence electrons. The molecule has 0 saturated heterocycles. The Kier molecular flexibility index (Phi) is 4.25. The maximum Gasteiger partial charge on any atom is 0.302 e. The molecular weight excluding hydrogens is 316 g/mol.